The number of aliphatic hydroxyl groups is 2. The standard InChI is InChI=1S/C24H21BrFNO4/c25-14-9-10-21(26)19(11-14)23(29)22(28)12-27-24(30)31-13-20-17-7-3-1-5-15(17)16-6-2-4-8-18(16)20/h1-11,20,22-23,28-29H,12-13H2,(H,27,30). The van der Waals surface area contributed by atoms with E-state index in [2.05, 4.69) is 21.2 Å². The van der Waals surface area contributed by atoms with Crippen molar-refractivity contribution in [2.45, 2.75) is 18.1 Å². The zero-order valence-electron chi connectivity index (χ0n) is 16.5. The molecule has 0 heterocycles. The van der Waals surface area contributed by atoms with Gasteiger partial charge in [0.1, 0.15) is 24.6 Å². The molecule has 3 N–H and O–H groups in total. The van der Waals surface area contributed by atoms with E-state index in [1.807, 2.05) is 48.5 Å². The largest absolute Gasteiger partial charge is 0.449 e. The van der Waals surface area contributed by atoms with E-state index in [1.54, 1.807) is 0 Å². The molecule has 5 nitrogen and oxygen atoms in total. The molecule has 2 atom stereocenters. The van der Waals surface area contributed by atoms with Gasteiger partial charge in [0.2, 0.25) is 0 Å². The average molecular weight is 486 g/mol. The van der Waals surface area contributed by atoms with Crippen LogP contribution in [-0.4, -0.2) is 35.6 Å². The van der Waals surface area contributed by atoms with Crippen LogP contribution in [0.1, 0.15) is 28.7 Å². The first kappa shape index (κ1) is 21.5. The molecule has 7 heteroatoms. The average Bonchev–Trinajstić information content (AvgIpc) is 3.11. The Hall–Kier alpha value is -2.74. The molecule has 1 amide bonds. The van der Waals surface area contributed by atoms with E-state index in [0.717, 1.165) is 22.3 Å². The maximum absolute atomic E-state index is 13.9. The van der Waals surface area contributed by atoms with Crippen LogP contribution in [0.25, 0.3) is 11.1 Å². The highest BCUT2D eigenvalue weighted by Gasteiger charge is 2.29. The number of rotatable bonds is 6. The predicted molar refractivity (Wildman–Crippen MR) is 118 cm³/mol. The van der Waals surface area contributed by atoms with Crippen LogP contribution >= 0.6 is 15.9 Å². The van der Waals surface area contributed by atoms with E-state index in [9.17, 15) is 19.4 Å². The monoisotopic (exact) mass is 485 g/mol. The fourth-order valence-electron chi connectivity index (χ4n) is 3.90. The molecule has 0 aliphatic heterocycles. The fourth-order valence-corrected chi connectivity index (χ4v) is 4.28. The summed E-state index contributed by atoms with van der Waals surface area (Å²) in [5, 5.41) is 22.8. The van der Waals surface area contributed by atoms with Gasteiger partial charge < -0.3 is 20.3 Å². The van der Waals surface area contributed by atoms with Crippen LogP contribution in [-0.2, 0) is 4.74 Å². The minimum Gasteiger partial charge on any atom is -0.449 e. The Morgan fingerprint density at radius 1 is 1.03 bits per heavy atom. The number of benzene rings is 3. The van der Waals surface area contributed by atoms with Gasteiger partial charge in [0.15, 0.2) is 0 Å². The predicted octanol–water partition coefficient (Wildman–Crippen LogP) is 4.52. The lowest BCUT2D eigenvalue weighted by Gasteiger charge is -2.20. The van der Waals surface area contributed by atoms with Crippen molar-refractivity contribution in [3.8, 4) is 11.1 Å². The number of nitrogens with one attached hydrogen (secondary N) is 1. The summed E-state index contributed by atoms with van der Waals surface area (Å²) in [6.45, 7) is -0.150. The first-order chi connectivity index (χ1) is 15.0. The number of hydrogen-bond acceptors (Lipinski definition) is 4. The van der Waals surface area contributed by atoms with E-state index < -0.39 is 24.1 Å². The number of amides is 1. The van der Waals surface area contributed by atoms with Gasteiger partial charge in [0, 0.05) is 22.5 Å². The van der Waals surface area contributed by atoms with Crippen LogP contribution in [0.15, 0.2) is 71.2 Å². The van der Waals surface area contributed by atoms with Gasteiger partial charge in [-0.3, -0.25) is 0 Å². The van der Waals surface area contributed by atoms with Gasteiger partial charge in [-0.15, -0.1) is 0 Å². The van der Waals surface area contributed by atoms with Gasteiger partial charge in [-0.25, -0.2) is 9.18 Å². The molecule has 0 aromatic heterocycles. The number of fused-ring (bicyclic) bond motifs is 3. The van der Waals surface area contributed by atoms with Gasteiger partial charge in [-0.05, 0) is 40.5 Å². The molecule has 0 fully saturated rings. The van der Waals surface area contributed by atoms with Gasteiger partial charge in [-0.1, -0.05) is 64.5 Å². The molecular formula is C24H21BrFNO4. The quantitative estimate of drug-likeness (QED) is 0.479. The van der Waals surface area contributed by atoms with Crippen LogP contribution < -0.4 is 5.32 Å². The van der Waals surface area contributed by atoms with Crippen molar-refractivity contribution in [1.82, 2.24) is 5.32 Å². The third-order valence-corrected chi connectivity index (χ3v) is 5.93. The summed E-state index contributed by atoms with van der Waals surface area (Å²) in [6.07, 6.45) is -3.61. The molecule has 1 aliphatic carbocycles. The Labute approximate surface area is 187 Å². The first-order valence-corrected chi connectivity index (χ1v) is 10.6. The van der Waals surface area contributed by atoms with E-state index >= 15 is 0 Å². The summed E-state index contributed by atoms with van der Waals surface area (Å²) in [5.41, 5.74) is 4.38. The molecule has 31 heavy (non-hydrogen) atoms. The topological polar surface area (TPSA) is 78.8 Å². The zero-order chi connectivity index (χ0) is 22.0. The Morgan fingerprint density at radius 3 is 2.29 bits per heavy atom. The second-order valence-electron chi connectivity index (χ2n) is 7.38. The number of carbonyl (C=O) groups excluding carboxylic acids is 1. The van der Waals surface area contributed by atoms with Crippen molar-refractivity contribution in [1.29, 1.82) is 0 Å². The van der Waals surface area contributed by atoms with Crippen molar-refractivity contribution in [2.24, 2.45) is 0 Å². The number of aliphatic hydroxyl groups excluding tert-OH is 2. The van der Waals surface area contributed by atoms with Gasteiger partial charge in [-0.2, -0.15) is 0 Å². The van der Waals surface area contributed by atoms with Crippen LogP contribution in [0.2, 0.25) is 0 Å². The maximum atomic E-state index is 13.9. The maximum Gasteiger partial charge on any atom is 0.407 e. The van der Waals surface area contributed by atoms with Crippen molar-refractivity contribution < 1.29 is 24.1 Å². The molecule has 0 radical (unpaired) electrons. The Balaban J connectivity index is 1.35. The summed E-state index contributed by atoms with van der Waals surface area (Å²) in [5.74, 6) is -0.722. The molecule has 1 aliphatic rings. The van der Waals surface area contributed by atoms with Crippen LogP contribution in [0.4, 0.5) is 9.18 Å². The lowest BCUT2D eigenvalue weighted by molar-refractivity contribution is 0.0165. The highest BCUT2D eigenvalue weighted by molar-refractivity contribution is 9.10. The highest BCUT2D eigenvalue weighted by atomic mass is 79.9. The van der Waals surface area contributed by atoms with E-state index in [0.29, 0.717) is 4.47 Å². The molecule has 0 saturated heterocycles. The Morgan fingerprint density at radius 2 is 1.65 bits per heavy atom. The number of alkyl carbamates (subject to hydrolysis) is 1. The van der Waals surface area contributed by atoms with Crippen LogP contribution in [0.5, 0.6) is 0 Å². The van der Waals surface area contributed by atoms with Gasteiger partial charge in [0.05, 0.1) is 0 Å². The molecule has 4 rings (SSSR count). The van der Waals surface area contributed by atoms with Crippen molar-refractivity contribution in [2.75, 3.05) is 13.2 Å². The summed E-state index contributed by atoms with van der Waals surface area (Å²) in [7, 11) is 0. The molecular weight excluding hydrogens is 465 g/mol. The second kappa shape index (κ2) is 9.18. The lowest BCUT2D eigenvalue weighted by atomic mass is 9.98. The summed E-state index contributed by atoms with van der Waals surface area (Å²) >= 11 is 3.20. The molecule has 3 aromatic rings. The molecule has 2 unspecified atom stereocenters. The van der Waals surface area contributed by atoms with E-state index in [1.165, 1.54) is 18.2 Å². The number of hydrogen-bond donors (Lipinski definition) is 3. The Bertz CT molecular complexity index is 1060. The number of halogens is 2. The molecule has 0 saturated carbocycles. The van der Waals surface area contributed by atoms with Crippen molar-refractivity contribution in [3.63, 3.8) is 0 Å². The van der Waals surface area contributed by atoms with Crippen molar-refractivity contribution in [3.05, 3.63) is 93.7 Å². The van der Waals surface area contributed by atoms with E-state index in [4.69, 9.17) is 4.74 Å². The Kier molecular flexibility index (Phi) is 6.36. The molecule has 160 valence electrons. The lowest BCUT2D eigenvalue weighted by Crippen LogP contribution is -2.36. The van der Waals surface area contributed by atoms with Crippen LogP contribution in [0, 0.1) is 5.82 Å². The van der Waals surface area contributed by atoms with Gasteiger partial charge >= 0.3 is 6.09 Å². The van der Waals surface area contributed by atoms with Crippen LogP contribution in [0.3, 0.4) is 0 Å². The highest BCUT2D eigenvalue weighted by Crippen LogP contribution is 2.44. The first-order valence-electron chi connectivity index (χ1n) is 9.85. The minimum atomic E-state index is -1.49. The third kappa shape index (κ3) is 4.49. The van der Waals surface area contributed by atoms with E-state index in [-0.39, 0.29) is 24.6 Å². The van der Waals surface area contributed by atoms with Gasteiger partial charge in [0.25, 0.3) is 0 Å². The normalized spacial score (nSPS) is 14.5. The second-order valence-corrected chi connectivity index (χ2v) is 8.30. The summed E-state index contributed by atoms with van der Waals surface area (Å²) in [6, 6.07) is 20.1. The summed E-state index contributed by atoms with van der Waals surface area (Å²) < 4.78 is 19.9. The number of ether oxygens (including phenoxy) is 1. The smallest absolute Gasteiger partial charge is 0.407 e. The molecule has 3 aromatic carbocycles. The molecule has 0 bridgehead atoms. The zero-order valence-corrected chi connectivity index (χ0v) is 18.0. The molecule has 0 spiro atoms. The fraction of sp³-hybridized carbons (Fsp3) is 0.208. The summed E-state index contributed by atoms with van der Waals surface area (Å²) in [4.78, 5) is 12.2. The minimum absolute atomic E-state index is 0.0591. The number of carbonyl (C=O) groups is 1. The SMILES string of the molecule is O=C(NCC(O)C(O)c1cc(Br)ccc1F)OCC1c2ccccc2-c2ccccc21. The third-order valence-electron chi connectivity index (χ3n) is 5.44. The van der Waals surface area contributed by atoms with Crippen molar-refractivity contribution >= 4 is 22.0 Å².